The largest absolute Gasteiger partial charge is 0.416 e. The van der Waals surface area contributed by atoms with E-state index in [1.807, 2.05) is 0 Å². The molecule has 166 valence electrons. The van der Waals surface area contributed by atoms with Gasteiger partial charge in [-0.25, -0.2) is 4.79 Å². The first-order valence-corrected chi connectivity index (χ1v) is 9.72. The van der Waals surface area contributed by atoms with E-state index in [0.717, 1.165) is 12.1 Å². The molecule has 0 bridgehead atoms. The van der Waals surface area contributed by atoms with Crippen molar-refractivity contribution in [1.29, 1.82) is 0 Å². The van der Waals surface area contributed by atoms with Crippen LogP contribution in [0.3, 0.4) is 0 Å². The molecule has 0 saturated heterocycles. The van der Waals surface area contributed by atoms with Crippen molar-refractivity contribution in [2.24, 2.45) is 0 Å². The molecule has 3 aromatic rings. The Labute approximate surface area is 187 Å². The number of carbonyl (C=O) groups is 2. The van der Waals surface area contributed by atoms with E-state index >= 15 is 0 Å². The number of benzene rings is 2. The van der Waals surface area contributed by atoms with Crippen LogP contribution in [0.2, 0.25) is 5.02 Å². The summed E-state index contributed by atoms with van der Waals surface area (Å²) in [5.41, 5.74) is 0.498. The first-order chi connectivity index (χ1) is 15.1. The van der Waals surface area contributed by atoms with E-state index in [1.165, 1.54) is 30.3 Å². The predicted molar refractivity (Wildman–Crippen MR) is 116 cm³/mol. The second kappa shape index (κ2) is 9.69. The van der Waals surface area contributed by atoms with Gasteiger partial charge < -0.3 is 15.5 Å². The molecule has 6 nitrogen and oxygen atoms in total. The molecular weight excluding hydrogens is 445 g/mol. The molecular formula is C22H18ClF3N4O2. The highest BCUT2D eigenvalue weighted by molar-refractivity contribution is 6.34. The summed E-state index contributed by atoms with van der Waals surface area (Å²) < 4.78 is 38.0. The minimum Gasteiger partial charge on any atom is -0.323 e. The van der Waals surface area contributed by atoms with Gasteiger partial charge in [-0.1, -0.05) is 29.8 Å². The van der Waals surface area contributed by atoms with Crippen molar-refractivity contribution >= 4 is 34.9 Å². The van der Waals surface area contributed by atoms with E-state index in [2.05, 4.69) is 15.6 Å². The molecule has 0 spiro atoms. The number of halogens is 4. The smallest absolute Gasteiger partial charge is 0.323 e. The third-order valence-corrected chi connectivity index (χ3v) is 4.77. The summed E-state index contributed by atoms with van der Waals surface area (Å²) in [5, 5.41) is 5.52. The fourth-order valence-corrected chi connectivity index (χ4v) is 3.05. The summed E-state index contributed by atoms with van der Waals surface area (Å²) in [7, 11) is 1.50. The van der Waals surface area contributed by atoms with Crippen LogP contribution in [0.15, 0.2) is 66.9 Å². The number of aromatic nitrogens is 1. The molecule has 3 rings (SSSR count). The van der Waals surface area contributed by atoms with Gasteiger partial charge in [-0.2, -0.15) is 13.2 Å². The Morgan fingerprint density at radius 2 is 1.72 bits per heavy atom. The van der Waals surface area contributed by atoms with Crippen molar-refractivity contribution in [3.05, 3.63) is 88.7 Å². The quantitative estimate of drug-likeness (QED) is 0.513. The van der Waals surface area contributed by atoms with Gasteiger partial charge in [0.05, 0.1) is 16.3 Å². The molecule has 0 aliphatic heterocycles. The number of hydrogen-bond donors (Lipinski definition) is 2. The number of alkyl halides is 3. The lowest BCUT2D eigenvalue weighted by Crippen LogP contribution is -2.31. The number of nitrogens with one attached hydrogen (secondary N) is 2. The second-order valence-electron chi connectivity index (χ2n) is 6.80. The molecule has 0 atom stereocenters. The standard InChI is InChI=1S/C22H18ClF3N4O2/c1-30(21(32)28-16-10-8-15(9-11-16)22(24,25)26)13-14-5-4-6-17(23)19(14)29-20(31)18-7-2-3-12-27-18/h2-12H,13H2,1H3,(H,28,32)(H,29,31). The minimum atomic E-state index is -4.46. The van der Waals surface area contributed by atoms with Gasteiger partial charge in [-0.15, -0.1) is 0 Å². The van der Waals surface area contributed by atoms with Crippen LogP contribution in [-0.2, 0) is 12.7 Å². The lowest BCUT2D eigenvalue weighted by molar-refractivity contribution is -0.137. The van der Waals surface area contributed by atoms with E-state index in [9.17, 15) is 22.8 Å². The molecule has 0 aliphatic rings. The molecule has 2 N–H and O–H groups in total. The van der Waals surface area contributed by atoms with Gasteiger partial charge in [0.1, 0.15) is 5.69 Å². The number of para-hydroxylation sites is 1. The Morgan fingerprint density at radius 3 is 2.34 bits per heavy atom. The number of urea groups is 1. The Bertz CT molecular complexity index is 1110. The van der Waals surface area contributed by atoms with Crippen LogP contribution in [0, 0.1) is 0 Å². The van der Waals surface area contributed by atoms with Gasteiger partial charge in [-0.3, -0.25) is 9.78 Å². The first kappa shape index (κ1) is 23.1. The first-order valence-electron chi connectivity index (χ1n) is 9.34. The molecule has 0 radical (unpaired) electrons. The van der Waals surface area contributed by atoms with Crippen LogP contribution < -0.4 is 10.6 Å². The summed E-state index contributed by atoms with van der Waals surface area (Å²) in [6, 6.07) is 13.5. The third-order valence-electron chi connectivity index (χ3n) is 4.45. The van der Waals surface area contributed by atoms with Crippen molar-refractivity contribution in [1.82, 2.24) is 9.88 Å². The fraction of sp³-hybridized carbons (Fsp3) is 0.136. The molecule has 1 aromatic heterocycles. The SMILES string of the molecule is CN(Cc1cccc(Cl)c1NC(=O)c1ccccn1)C(=O)Nc1ccc(C(F)(F)F)cc1. The summed E-state index contributed by atoms with van der Waals surface area (Å²) in [5.74, 6) is -0.461. The van der Waals surface area contributed by atoms with Crippen molar-refractivity contribution in [3.63, 3.8) is 0 Å². The number of rotatable bonds is 5. The fourth-order valence-electron chi connectivity index (χ4n) is 2.80. The summed E-state index contributed by atoms with van der Waals surface area (Å²) in [4.78, 5) is 30.3. The third kappa shape index (κ3) is 5.76. The maximum Gasteiger partial charge on any atom is 0.416 e. The molecule has 0 unspecified atom stereocenters. The molecule has 0 saturated carbocycles. The highest BCUT2D eigenvalue weighted by Gasteiger charge is 2.30. The summed E-state index contributed by atoms with van der Waals surface area (Å²) in [6.07, 6.45) is -2.97. The highest BCUT2D eigenvalue weighted by Crippen LogP contribution is 2.30. The number of hydrogen-bond acceptors (Lipinski definition) is 3. The predicted octanol–water partition coefficient (Wildman–Crippen LogP) is 5.67. The second-order valence-corrected chi connectivity index (χ2v) is 7.21. The monoisotopic (exact) mass is 462 g/mol. The van der Waals surface area contributed by atoms with Gasteiger partial charge in [0.2, 0.25) is 0 Å². The minimum absolute atomic E-state index is 0.0743. The van der Waals surface area contributed by atoms with Gasteiger partial charge in [0.15, 0.2) is 0 Å². The molecule has 32 heavy (non-hydrogen) atoms. The van der Waals surface area contributed by atoms with Crippen LogP contribution in [0.4, 0.5) is 29.3 Å². The Hall–Kier alpha value is -3.59. The zero-order valence-corrected chi connectivity index (χ0v) is 17.5. The number of carbonyl (C=O) groups excluding carboxylic acids is 2. The highest BCUT2D eigenvalue weighted by atomic mass is 35.5. The zero-order valence-electron chi connectivity index (χ0n) is 16.8. The van der Waals surface area contributed by atoms with Crippen LogP contribution in [0.5, 0.6) is 0 Å². The van der Waals surface area contributed by atoms with E-state index < -0.39 is 23.7 Å². The Morgan fingerprint density at radius 1 is 1.00 bits per heavy atom. The van der Waals surface area contributed by atoms with Crippen molar-refractivity contribution in [2.45, 2.75) is 12.7 Å². The van der Waals surface area contributed by atoms with Gasteiger partial charge >= 0.3 is 12.2 Å². The van der Waals surface area contributed by atoms with Gasteiger partial charge in [0, 0.05) is 25.5 Å². The number of nitrogens with zero attached hydrogens (tertiary/aromatic N) is 2. The Balaban J connectivity index is 1.70. The van der Waals surface area contributed by atoms with Crippen molar-refractivity contribution < 1.29 is 22.8 Å². The van der Waals surface area contributed by atoms with Gasteiger partial charge in [-0.05, 0) is 48.0 Å². The average Bonchev–Trinajstić information content (AvgIpc) is 2.76. The lowest BCUT2D eigenvalue weighted by atomic mass is 10.1. The number of pyridine rings is 1. The molecule has 3 amide bonds. The van der Waals surface area contributed by atoms with Crippen molar-refractivity contribution in [2.75, 3.05) is 17.7 Å². The number of anilines is 2. The van der Waals surface area contributed by atoms with E-state index in [0.29, 0.717) is 11.3 Å². The maximum atomic E-state index is 12.7. The Kier molecular flexibility index (Phi) is 6.99. The lowest BCUT2D eigenvalue weighted by Gasteiger charge is -2.21. The maximum absolute atomic E-state index is 12.7. The van der Waals surface area contributed by atoms with Crippen molar-refractivity contribution in [3.8, 4) is 0 Å². The number of amides is 3. The molecule has 1 heterocycles. The molecule has 2 aromatic carbocycles. The average molecular weight is 463 g/mol. The van der Waals surface area contributed by atoms with Crippen LogP contribution in [-0.4, -0.2) is 28.9 Å². The summed E-state index contributed by atoms with van der Waals surface area (Å²) in [6.45, 7) is 0.0743. The van der Waals surface area contributed by atoms with Crippen LogP contribution >= 0.6 is 11.6 Å². The molecule has 10 heteroatoms. The summed E-state index contributed by atoms with van der Waals surface area (Å²) >= 11 is 6.26. The zero-order chi connectivity index (χ0) is 23.3. The van der Waals surface area contributed by atoms with Crippen LogP contribution in [0.25, 0.3) is 0 Å². The van der Waals surface area contributed by atoms with Gasteiger partial charge in [0.25, 0.3) is 5.91 Å². The van der Waals surface area contributed by atoms with E-state index in [-0.39, 0.29) is 22.9 Å². The molecule has 0 aliphatic carbocycles. The molecule has 0 fully saturated rings. The van der Waals surface area contributed by atoms with E-state index in [1.54, 1.807) is 36.4 Å². The van der Waals surface area contributed by atoms with Crippen LogP contribution in [0.1, 0.15) is 21.6 Å². The normalized spacial score (nSPS) is 11.0. The van der Waals surface area contributed by atoms with E-state index in [4.69, 9.17) is 11.6 Å². The topological polar surface area (TPSA) is 74.3 Å².